The highest BCUT2D eigenvalue weighted by atomic mass is 16.6. The smallest absolute Gasteiger partial charge is 0.330 e. The summed E-state index contributed by atoms with van der Waals surface area (Å²) in [5, 5.41) is 31.1. The molecule has 3 N–H and O–H groups in total. The Labute approximate surface area is 105 Å². The fraction of sp³-hybridized carbons (Fsp3) is 0.769. The molecule has 4 aliphatic carbocycles. The van der Waals surface area contributed by atoms with Gasteiger partial charge in [-0.05, 0) is 43.9 Å². The molecular formula is C13H18O5. The summed E-state index contributed by atoms with van der Waals surface area (Å²) >= 11 is 0. The standard InChI is InChI=1S/C13H18O5/c1-2-10(14)18-12-6-8-3-9(7-12)5-11(15,4-8)13(12,16)17/h2,8-9,15-17H,1,3-7H2. The first-order valence-electron chi connectivity index (χ1n) is 6.34. The summed E-state index contributed by atoms with van der Waals surface area (Å²) in [7, 11) is 0. The van der Waals surface area contributed by atoms with Crippen LogP contribution in [0.15, 0.2) is 12.7 Å². The molecule has 4 bridgehead atoms. The van der Waals surface area contributed by atoms with E-state index in [0.29, 0.717) is 25.7 Å². The highest BCUT2D eigenvalue weighted by Gasteiger charge is 2.73. The van der Waals surface area contributed by atoms with E-state index in [4.69, 9.17) is 4.74 Å². The Hall–Kier alpha value is -0.910. The van der Waals surface area contributed by atoms with Gasteiger partial charge in [0.25, 0.3) is 0 Å². The van der Waals surface area contributed by atoms with Crippen LogP contribution in [0, 0.1) is 11.8 Å². The number of ether oxygens (including phenoxy) is 1. The predicted molar refractivity (Wildman–Crippen MR) is 61.2 cm³/mol. The Balaban J connectivity index is 2.02. The van der Waals surface area contributed by atoms with Gasteiger partial charge in [-0.15, -0.1) is 0 Å². The van der Waals surface area contributed by atoms with Crippen LogP contribution in [0.2, 0.25) is 0 Å². The average molecular weight is 254 g/mol. The fourth-order valence-electron chi connectivity index (χ4n) is 4.39. The van der Waals surface area contributed by atoms with Gasteiger partial charge in [0.1, 0.15) is 5.60 Å². The molecule has 4 saturated carbocycles. The number of hydrogen-bond donors (Lipinski definition) is 3. The van der Waals surface area contributed by atoms with Gasteiger partial charge in [-0.2, -0.15) is 0 Å². The second-order valence-electron chi connectivity index (χ2n) is 6.11. The van der Waals surface area contributed by atoms with E-state index in [1.54, 1.807) is 0 Å². The molecular weight excluding hydrogens is 236 g/mol. The van der Waals surface area contributed by atoms with Gasteiger partial charge in [-0.25, -0.2) is 4.79 Å². The van der Waals surface area contributed by atoms with Crippen LogP contribution in [0.25, 0.3) is 0 Å². The number of carbonyl (C=O) groups is 1. The molecule has 18 heavy (non-hydrogen) atoms. The third kappa shape index (κ3) is 1.30. The van der Waals surface area contributed by atoms with Crippen molar-refractivity contribution >= 4 is 5.97 Å². The summed E-state index contributed by atoms with van der Waals surface area (Å²) in [6.07, 6.45) is 3.51. The van der Waals surface area contributed by atoms with Crippen molar-refractivity contribution in [2.45, 2.75) is 49.1 Å². The molecule has 2 unspecified atom stereocenters. The zero-order valence-electron chi connectivity index (χ0n) is 10.1. The van der Waals surface area contributed by atoms with Crippen LogP contribution in [0.4, 0.5) is 0 Å². The van der Waals surface area contributed by atoms with Gasteiger partial charge in [0.05, 0.1) is 0 Å². The SMILES string of the molecule is C=CC(=O)OC12CC3CC(CC(O)(C3)C1(O)O)C2. The van der Waals surface area contributed by atoms with Crippen LogP contribution < -0.4 is 0 Å². The summed E-state index contributed by atoms with van der Waals surface area (Å²) in [6, 6.07) is 0. The van der Waals surface area contributed by atoms with E-state index in [9.17, 15) is 20.1 Å². The maximum Gasteiger partial charge on any atom is 0.330 e. The van der Waals surface area contributed by atoms with Gasteiger partial charge in [0.2, 0.25) is 5.79 Å². The summed E-state index contributed by atoms with van der Waals surface area (Å²) in [6.45, 7) is 3.32. The third-order valence-corrected chi connectivity index (χ3v) is 4.90. The molecule has 0 aromatic heterocycles. The first-order chi connectivity index (χ1) is 8.32. The summed E-state index contributed by atoms with van der Waals surface area (Å²) in [5.74, 6) is -2.67. The molecule has 0 radical (unpaired) electrons. The summed E-state index contributed by atoms with van der Waals surface area (Å²) < 4.78 is 5.26. The fourth-order valence-corrected chi connectivity index (χ4v) is 4.39. The van der Waals surface area contributed by atoms with Crippen LogP contribution in [-0.2, 0) is 9.53 Å². The van der Waals surface area contributed by atoms with E-state index < -0.39 is 23.0 Å². The lowest BCUT2D eigenvalue weighted by Gasteiger charge is -2.64. The maximum absolute atomic E-state index is 11.4. The highest BCUT2D eigenvalue weighted by molar-refractivity contribution is 5.81. The van der Waals surface area contributed by atoms with E-state index in [1.165, 1.54) is 0 Å². The highest BCUT2D eigenvalue weighted by Crippen LogP contribution is 2.62. The number of esters is 1. The van der Waals surface area contributed by atoms with E-state index in [2.05, 4.69) is 6.58 Å². The van der Waals surface area contributed by atoms with Crippen molar-refractivity contribution in [1.82, 2.24) is 0 Å². The molecule has 0 amide bonds. The second-order valence-corrected chi connectivity index (χ2v) is 6.11. The van der Waals surface area contributed by atoms with Crippen molar-refractivity contribution < 1.29 is 24.9 Å². The van der Waals surface area contributed by atoms with Gasteiger partial charge in [0, 0.05) is 6.08 Å². The quantitative estimate of drug-likeness (QED) is 0.369. The van der Waals surface area contributed by atoms with Crippen molar-refractivity contribution in [3.05, 3.63) is 12.7 Å². The van der Waals surface area contributed by atoms with Crippen LogP contribution in [-0.4, -0.2) is 38.3 Å². The molecule has 2 atom stereocenters. The van der Waals surface area contributed by atoms with Gasteiger partial charge in [-0.3, -0.25) is 0 Å². The van der Waals surface area contributed by atoms with E-state index >= 15 is 0 Å². The molecule has 0 aromatic rings. The first-order valence-corrected chi connectivity index (χ1v) is 6.34. The van der Waals surface area contributed by atoms with Crippen LogP contribution in [0.3, 0.4) is 0 Å². The van der Waals surface area contributed by atoms with E-state index in [1.807, 2.05) is 0 Å². The molecule has 0 spiro atoms. The van der Waals surface area contributed by atoms with E-state index in [0.717, 1.165) is 12.5 Å². The molecule has 4 rings (SSSR count). The lowest BCUT2D eigenvalue weighted by molar-refractivity contribution is -0.407. The number of rotatable bonds is 2. The van der Waals surface area contributed by atoms with Crippen LogP contribution in [0.5, 0.6) is 0 Å². The summed E-state index contributed by atoms with van der Waals surface area (Å²) in [5.41, 5.74) is -2.93. The van der Waals surface area contributed by atoms with Crippen molar-refractivity contribution in [3.8, 4) is 0 Å². The Bertz CT molecular complexity index is 400. The third-order valence-electron chi connectivity index (χ3n) is 4.90. The van der Waals surface area contributed by atoms with Crippen molar-refractivity contribution in [2.75, 3.05) is 0 Å². The molecule has 0 saturated heterocycles. The minimum absolute atomic E-state index is 0.188. The Morgan fingerprint density at radius 3 is 2.22 bits per heavy atom. The average Bonchev–Trinajstić information content (AvgIpc) is 2.25. The molecule has 0 aliphatic heterocycles. The first kappa shape index (κ1) is 12.1. The van der Waals surface area contributed by atoms with Crippen LogP contribution >= 0.6 is 0 Å². The summed E-state index contributed by atoms with van der Waals surface area (Å²) in [4.78, 5) is 11.4. The van der Waals surface area contributed by atoms with Gasteiger partial charge < -0.3 is 20.1 Å². The van der Waals surface area contributed by atoms with Gasteiger partial charge in [-0.1, -0.05) is 6.58 Å². The topological polar surface area (TPSA) is 87.0 Å². The zero-order valence-corrected chi connectivity index (χ0v) is 10.1. The van der Waals surface area contributed by atoms with Crippen molar-refractivity contribution in [3.63, 3.8) is 0 Å². The van der Waals surface area contributed by atoms with Gasteiger partial charge >= 0.3 is 5.97 Å². The Morgan fingerprint density at radius 2 is 1.72 bits per heavy atom. The van der Waals surface area contributed by atoms with Crippen molar-refractivity contribution in [1.29, 1.82) is 0 Å². The molecule has 4 aliphatic rings. The largest absolute Gasteiger partial charge is 0.450 e. The van der Waals surface area contributed by atoms with E-state index in [-0.39, 0.29) is 11.8 Å². The van der Waals surface area contributed by atoms with Crippen LogP contribution in [0.1, 0.15) is 32.1 Å². The molecule has 5 nitrogen and oxygen atoms in total. The number of aliphatic hydroxyl groups is 3. The molecule has 100 valence electrons. The second kappa shape index (κ2) is 3.35. The van der Waals surface area contributed by atoms with Crippen molar-refractivity contribution in [2.24, 2.45) is 11.8 Å². The lowest BCUT2D eigenvalue weighted by Crippen LogP contribution is -2.78. The molecule has 0 heterocycles. The van der Waals surface area contributed by atoms with Gasteiger partial charge in [0.15, 0.2) is 5.60 Å². The zero-order chi connectivity index (χ0) is 13.2. The minimum atomic E-state index is -2.37. The maximum atomic E-state index is 11.4. The monoisotopic (exact) mass is 254 g/mol. The number of hydrogen-bond acceptors (Lipinski definition) is 5. The minimum Gasteiger partial charge on any atom is -0.450 e. The number of carbonyl (C=O) groups excluding carboxylic acids is 1. The predicted octanol–water partition coefficient (Wildman–Crippen LogP) is 0.0901. The lowest BCUT2D eigenvalue weighted by atomic mass is 9.49. The molecule has 4 fully saturated rings. The molecule has 5 heteroatoms. The molecule has 0 aromatic carbocycles. The Kier molecular flexibility index (Phi) is 2.26. The normalized spacial score (nSPS) is 47.9. The Morgan fingerprint density at radius 1 is 1.17 bits per heavy atom.